The molecule has 5 nitrogen and oxygen atoms in total. The van der Waals surface area contributed by atoms with E-state index < -0.39 is 0 Å². The van der Waals surface area contributed by atoms with E-state index in [1.54, 1.807) is 11.0 Å². The molecule has 0 fully saturated rings. The van der Waals surface area contributed by atoms with Gasteiger partial charge >= 0.3 is 0 Å². The smallest absolute Gasteiger partial charge is 0.261 e. The van der Waals surface area contributed by atoms with Gasteiger partial charge in [0, 0.05) is 12.2 Å². The molecule has 26 heavy (non-hydrogen) atoms. The van der Waals surface area contributed by atoms with Gasteiger partial charge in [0.1, 0.15) is 6.54 Å². The molecule has 0 saturated carbocycles. The lowest BCUT2D eigenvalue weighted by Gasteiger charge is -2.24. The lowest BCUT2D eigenvalue weighted by molar-refractivity contribution is -0.119. The van der Waals surface area contributed by atoms with Crippen molar-refractivity contribution in [2.75, 3.05) is 11.4 Å². The number of aryl methyl sites for hydroxylation is 3. The number of hydrogen-bond acceptors (Lipinski definition) is 3. The number of aromatic nitrogens is 2. The molecule has 1 aromatic heterocycles. The molecule has 0 aliphatic rings. The minimum atomic E-state index is -0.191. The van der Waals surface area contributed by atoms with Crippen LogP contribution in [0.15, 0.2) is 47.5 Å². The average molecular weight is 349 g/mol. The molecule has 0 spiro atoms. The zero-order chi connectivity index (χ0) is 18.8. The highest BCUT2D eigenvalue weighted by molar-refractivity contribution is 5.94. The highest BCUT2D eigenvalue weighted by atomic mass is 16.2. The molecule has 2 aromatic carbocycles. The van der Waals surface area contributed by atoms with Crippen molar-refractivity contribution in [3.8, 4) is 0 Å². The molecule has 0 atom stereocenters. The van der Waals surface area contributed by atoms with Crippen molar-refractivity contribution in [3.63, 3.8) is 0 Å². The average Bonchev–Trinajstić information content (AvgIpc) is 2.61. The second-order valence-corrected chi connectivity index (χ2v) is 6.58. The standard InChI is InChI=1S/C21H23N3O2/c1-5-24(18-11-14(2)9-10-15(18)3)19(25)12-23-13-22-20-16(4)7-6-8-17(20)21(23)26/h6-11,13H,5,12H2,1-4H3. The highest BCUT2D eigenvalue weighted by Crippen LogP contribution is 2.22. The van der Waals surface area contributed by atoms with Gasteiger partial charge in [-0.15, -0.1) is 0 Å². The molecule has 134 valence electrons. The van der Waals surface area contributed by atoms with Crippen molar-refractivity contribution in [3.05, 3.63) is 69.8 Å². The topological polar surface area (TPSA) is 55.2 Å². The molecule has 0 aliphatic heterocycles. The highest BCUT2D eigenvalue weighted by Gasteiger charge is 2.18. The summed E-state index contributed by atoms with van der Waals surface area (Å²) in [5.41, 5.74) is 4.45. The second kappa shape index (κ2) is 7.12. The Balaban J connectivity index is 1.96. The summed E-state index contributed by atoms with van der Waals surface area (Å²) < 4.78 is 1.39. The first kappa shape index (κ1) is 17.9. The van der Waals surface area contributed by atoms with Crippen LogP contribution >= 0.6 is 0 Å². The van der Waals surface area contributed by atoms with Gasteiger partial charge in [0.05, 0.1) is 17.2 Å². The van der Waals surface area contributed by atoms with Gasteiger partial charge in [0.25, 0.3) is 5.56 Å². The van der Waals surface area contributed by atoms with E-state index in [1.807, 2.05) is 58.0 Å². The zero-order valence-corrected chi connectivity index (χ0v) is 15.6. The normalized spacial score (nSPS) is 10.9. The first-order valence-corrected chi connectivity index (χ1v) is 8.74. The first-order valence-electron chi connectivity index (χ1n) is 8.74. The zero-order valence-electron chi connectivity index (χ0n) is 15.6. The quantitative estimate of drug-likeness (QED) is 0.726. The van der Waals surface area contributed by atoms with E-state index in [-0.39, 0.29) is 18.0 Å². The molecule has 3 rings (SSSR count). The predicted molar refractivity (Wildman–Crippen MR) is 105 cm³/mol. The first-order chi connectivity index (χ1) is 12.4. The van der Waals surface area contributed by atoms with Crippen molar-refractivity contribution in [2.24, 2.45) is 0 Å². The fraction of sp³-hybridized carbons (Fsp3) is 0.286. The number of carbonyl (C=O) groups excluding carboxylic acids is 1. The molecule has 0 N–H and O–H groups in total. The van der Waals surface area contributed by atoms with Crippen LogP contribution in [0.1, 0.15) is 23.6 Å². The number of para-hydroxylation sites is 1. The van der Waals surface area contributed by atoms with Crippen LogP contribution in [0.25, 0.3) is 10.9 Å². The van der Waals surface area contributed by atoms with Crippen LogP contribution in [0.3, 0.4) is 0 Å². The third kappa shape index (κ3) is 3.25. The second-order valence-electron chi connectivity index (χ2n) is 6.58. The van der Waals surface area contributed by atoms with E-state index in [1.165, 1.54) is 10.9 Å². The molecule has 3 aromatic rings. The molecule has 1 heterocycles. The molecular formula is C21H23N3O2. The maximum absolute atomic E-state index is 12.9. The number of rotatable bonds is 4. The Labute approximate surface area is 152 Å². The number of carbonyl (C=O) groups is 1. The minimum Gasteiger partial charge on any atom is -0.311 e. The van der Waals surface area contributed by atoms with Gasteiger partial charge in [-0.25, -0.2) is 4.98 Å². The third-order valence-corrected chi connectivity index (χ3v) is 4.63. The number of anilines is 1. The Bertz CT molecular complexity index is 1040. The van der Waals surface area contributed by atoms with Crippen molar-refractivity contribution in [2.45, 2.75) is 34.2 Å². The van der Waals surface area contributed by atoms with Gasteiger partial charge < -0.3 is 4.90 Å². The summed E-state index contributed by atoms with van der Waals surface area (Å²) in [6.07, 6.45) is 1.46. The van der Waals surface area contributed by atoms with Crippen LogP contribution in [0, 0.1) is 20.8 Å². The van der Waals surface area contributed by atoms with Gasteiger partial charge in [-0.3, -0.25) is 14.2 Å². The number of hydrogen-bond donors (Lipinski definition) is 0. The third-order valence-electron chi connectivity index (χ3n) is 4.63. The number of nitrogens with zero attached hydrogens (tertiary/aromatic N) is 3. The molecule has 0 bridgehead atoms. The summed E-state index contributed by atoms with van der Waals surface area (Å²) >= 11 is 0. The monoisotopic (exact) mass is 349 g/mol. The Morgan fingerprint density at radius 1 is 1.12 bits per heavy atom. The molecular weight excluding hydrogens is 326 g/mol. The molecule has 0 aliphatic carbocycles. The Hall–Kier alpha value is -2.95. The van der Waals surface area contributed by atoms with E-state index in [9.17, 15) is 9.59 Å². The van der Waals surface area contributed by atoms with E-state index in [0.717, 1.165) is 22.4 Å². The summed E-state index contributed by atoms with van der Waals surface area (Å²) in [6, 6.07) is 11.5. The van der Waals surface area contributed by atoms with Crippen molar-refractivity contribution in [1.82, 2.24) is 9.55 Å². The largest absolute Gasteiger partial charge is 0.311 e. The lowest BCUT2D eigenvalue weighted by Crippen LogP contribution is -2.37. The molecule has 0 unspecified atom stereocenters. The van der Waals surface area contributed by atoms with Crippen molar-refractivity contribution in [1.29, 1.82) is 0 Å². The fourth-order valence-electron chi connectivity index (χ4n) is 3.17. The Kier molecular flexibility index (Phi) is 4.89. The fourth-order valence-corrected chi connectivity index (χ4v) is 3.17. The van der Waals surface area contributed by atoms with E-state index >= 15 is 0 Å². The Morgan fingerprint density at radius 3 is 2.62 bits per heavy atom. The number of amides is 1. The van der Waals surface area contributed by atoms with Gasteiger partial charge in [0.2, 0.25) is 5.91 Å². The minimum absolute atomic E-state index is 0.0308. The molecule has 0 radical (unpaired) electrons. The summed E-state index contributed by atoms with van der Waals surface area (Å²) in [7, 11) is 0. The summed E-state index contributed by atoms with van der Waals surface area (Å²) in [6.45, 7) is 8.35. The lowest BCUT2D eigenvalue weighted by atomic mass is 10.1. The van der Waals surface area contributed by atoms with Gasteiger partial charge in [-0.2, -0.15) is 0 Å². The maximum atomic E-state index is 12.9. The summed E-state index contributed by atoms with van der Waals surface area (Å²) in [4.78, 5) is 31.7. The summed E-state index contributed by atoms with van der Waals surface area (Å²) in [5, 5.41) is 0.537. The van der Waals surface area contributed by atoms with Crippen LogP contribution in [0.2, 0.25) is 0 Å². The van der Waals surface area contributed by atoms with Crippen LogP contribution in [0.4, 0.5) is 5.69 Å². The summed E-state index contributed by atoms with van der Waals surface area (Å²) in [5.74, 6) is -0.128. The van der Waals surface area contributed by atoms with E-state index in [0.29, 0.717) is 17.4 Å². The molecule has 5 heteroatoms. The van der Waals surface area contributed by atoms with Crippen molar-refractivity contribution >= 4 is 22.5 Å². The Morgan fingerprint density at radius 2 is 1.88 bits per heavy atom. The van der Waals surface area contributed by atoms with Crippen LogP contribution < -0.4 is 10.5 Å². The van der Waals surface area contributed by atoms with Crippen molar-refractivity contribution < 1.29 is 4.79 Å². The van der Waals surface area contributed by atoms with Crippen LogP contribution in [0.5, 0.6) is 0 Å². The van der Waals surface area contributed by atoms with Crippen LogP contribution in [-0.2, 0) is 11.3 Å². The molecule has 0 saturated heterocycles. The number of likely N-dealkylation sites (N-methyl/N-ethyl adjacent to an activating group) is 1. The predicted octanol–water partition coefficient (Wildman–Crippen LogP) is 3.37. The van der Waals surface area contributed by atoms with E-state index in [2.05, 4.69) is 4.98 Å². The van der Waals surface area contributed by atoms with Crippen LogP contribution in [-0.4, -0.2) is 22.0 Å². The van der Waals surface area contributed by atoms with Gasteiger partial charge in [-0.05, 0) is 56.5 Å². The van der Waals surface area contributed by atoms with Gasteiger partial charge in [-0.1, -0.05) is 24.3 Å². The number of fused-ring (bicyclic) bond motifs is 1. The molecule has 1 amide bonds. The van der Waals surface area contributed by atoms with E-state index in [4.69, 9.17) is 0 Å². The SMILES string of the molecule is CCN(C(=O)Cn1cnc2c(C)cccc2c1=O)c1cc(C)ccc1C. The number of benzene rings is 2. The maximum Gasteiger partial charge on any atom is 0.261 e. The van der Waals surface area contributed by atoms with Gasteiger partial charge in [0.15, 0.2) is 0 Å².